The highest BCUT2D eigenvalue weighted by atomic mass is 32.2. The van der Waals surface area contributed by atoms with E-state index in [0.29, 0.717) is 19.4 Å². The van der Waals surface area contributed by atoms with Gasteiger partial charge in [-0.3, -0.25) is 4.79 Å². The lowest BCUT2D eigenvalue weighted by atomic mass is 9.96. The molecule has 1 aliphatic heterocycles. The number of aliphatic carboxylic acids is 1. The molecule has 8 heteroatoms. The van der Waals surface area contributed by atoms with Gasteiger partial charge in [-0.05, 0) is 19.8 Å². The number of piperidine rings is 1. The van der Waals surface area contributed by atoms with E-state index in [0.717, 1.165) is 0 Å². The van der Waals surface area contributed by atoms with Crippen molar-refractivity contribution in [2.45, 2.75) is 25.8 Å². The number of rotatable bonds is 6. The van der Waals surface area contributed by atoms with Crippen LogP contribution in [-0.4, -0.2) is 68.0 Å². The molecule has 1 N–H and O–H groups in total. The average Bonchev–Trinajstić information content (AvgIpc) is 2.35. The van der Waals surface area contributed by atoms with Gasteiger partial charge in [-0.15, -0.1) is 0 Å². The Morgan fingerprint density at radius 3 is 2.63 bits per heavy atom. The van der Waals surface area contributed by atoms with E-state index in [2.05, 4.69) is 0 Å². The molecule has 1 aliphatic rings. The molecule has 1 rings (SSSR count). The molecule has 0 aromatic carbocycles. The number of likely N-dealkylation sites (N-methyl/N-ethyl adjacent to an activating group) is 1. The summed E-state index contributed by atoms with van der Waals surface area (Å²) >= 11 is 0. The van der Waals surface area contributed by atoms with Crippen molar-refractivity contribution >= 4 is 16.2 Å². The SMILES string of the molecule is COCCN(C)S(=O)(=O)N1CC(C(=O)O)CCC1C. The predicted octanol–water partition coefficient (Wildman–Crippen LogP) is -0.00550. The highest BCUT2D eigenvalue weighted by Crippen LogP contribution is 2.25. The molecule has 1 heterocycles. The van der Waals surface area contributed by atoms with Crippen LogP contribution in [0.5, 0.6) is 0 Å². The molecule has 0 aromatic heterocycles. The normalized spacial score (nSPS) is 25.7. The number of carboxylic acids is 1. The van der Waals surface area contributed by atoms with E-state index >= 15 is 0 Å². The van der Waals surface area contributed by atoms with Crippen LogP contribution >= 0.6 is 0 Å². The second-order valence-electron chi connectivity index (χ2n) is 4.85. The van der Waals surface area contributed by atoms with Gasteiger partial charge in [0.05, 0.1) is 12.5 Å². The van der Waals surface area contributed by atoms with Crippen LogP contribution in [0.1, 0.15) is 19.8 Å². The van der Waals surface area contributed by atoms with E-state index < -0.39 is 22.1 Å². The third-order valence-corrected chi connectivity index (χ3v) is 5.55. The monoisotopic (exact) mass is 294 g/mol. The van der Waals surface area contributed by atoms with E-state index in [9.17, 15) is 13.2 Å². The van der Waals surface area contributed by atoms with Gasteiger partial charge in [-0.1, -0.05) is 0 Å². The first-order valence-corrected chi connectivity index (χ1v) is 7.65. The Bertz CT molecular complexity index is 411. The van der Waals surface area contributed by atoms with Crippen molar-refractivity contribution in [3.05, 3.63) is 0 Å². The fourth-order valence-corrected chi connectivity index (χ4v) is 3.70. The minimum absolute atomic E-state index is 0.0379. The largest absolute Gasteiger partial charge is 0.481 e. The van der Waals surface area contributed by atoms with Gasteiger partial charge in [0.15, 0.2) is 0 Å². The van der Waals surface area contributed by atoms with Crippen LogP contribution in [0.15, 0.2) is 0 Å². The summed E-state index contributed by atoms with van der Waals surface area (Å²) in [7, 11) is -0.645. The Morgan fingerprint density at radius 2 is 2.11 bits per heavy atom. The van der Waals surface area contributed by atoms with Gasteiger partial charge in [0.1, 0.15) is 0 Å². The third-order valence-electron chi connectivity index (χ3n) is 3.47. The van der Waals surface area contributed by atoms with Crippen LogP contribution in [0, 0.1) is 5.92 Å². The molecule has 0 bridgehead atoms. The quantitative estimate of drug-likeness (QED) is 0.745. The van der Waals surface area contributed by atoms with Gasteiger partial charge in [-0.25, -0.2) is 0 Å². The Morgan fingerprint density at radius 1 is 1.47 bits per heavy atom. The summed E-state index contributed by atoms with van der Waals surface area (Å²) in [6, 6.07) is -0.175. The summed E-state index contributed by atoms with van der Waals surface area (Å²) in [4.78, 5) is 11.0. The number of carbonyl (C=O) groups is 1. The molecule has 0 amide bonds. The summed E-state index contributed by atoms with van der Waals surface area (Å²) in [5.41, 5.74) is 0. The number of ether oxygens (including phenoxy) is 1. The van der Waals surface area contributed by atoms with Crippen molar-refractivity contribution in [3.63, 3.8) is 0 Å². The van der Waals surface area contributed by atoms with E-state index in [1.54, 1.807) is 6.92 Å². The van der Waals surface area contributed by atoms with Crippen LogP contribution < -0.4 is 0 Å². The zero-order chi connectivity index (χ0) is 14.6. The summed E-state index contributed by atoms with van der Waals surface area (Å²) in [5, 5.41) is 9.03. The second-order valence-corrected chi connectivity index (χ2v) is 6.84. The van der Waals surface area contributed by atoms with Crippen molar-refractivity contribution in [2.75, 3.05) is 33.9 Å². The van der Waals surface area contributed by atoms with Crippen molar-refractivity contribution in [3.8, 4) is 0 Å². The molecule has 1 saturated heterocycles. The first kappa shape index (κ1) is 16.4. The number of nitrogens with zero attached hydrogens (tertiary/aromatic N) is 2. The minimum Gasteiger partial charge on any atom is -0.481 e. The van der Waals surface area contributed by atoms with Crippen LogP contribution in [0.3, 0.4) is 0 Å². The lowest BCUT2D eigenvalue weighted by molar-refractivity contribution is -0.143. The second kappa shape index (κ2) is 6.65. The van der Waals surface area contributed by atoms with Gasteiger partial charge in [-0.2, -0.15) is 17.0 Å². The van der Waals surface area contributed by atoms with E-state index in [-0.39, 0.29) is 19.1 Å². The lowest BCUT2D eigenvalue weighted by Crippen LogP contribution is -2.52. The molecule has 2 unspecified atom stereocenters. The Hall–Kier alpha value is -0.700. The van der Waals surface area contributed by atoms with E-state index in [1.165, 1.54) is 22.8 Å². The van der Waals surface area contributed by atoms with Gasteiger partial charge in [0.25, 0.3) is 10.2 Å². The molecular weight excluding hydrogens is 272 g/mol. The molecule has 19 heavy (non-hydrogen) atoms. The lowest BCUT2D eigenvalue weighted by Gasteiger charge is -2.37. The Labute approximate surface area is 114 Å². The Balaban J connectivity index is 2.82. The molecule has 112 valence electrons. The number of hydrogen-bond acceptors (Lipinski definition) is 4. The fraction of sp³-hybridized carbons (Fsp3) is 0.909. The molecule has 7 nitrogen and oxygen atoms in total. The first-order chi connectivity index (χ1) is 8.80. The van der Waals surface area contributed by atoms with Crippen molar-refractivity contribution in [2.24, 2.45) is 5.92 Å². The minimum atomic E-state index is -3.63. The van der Waals surface area contributed by atoms with Crippen molar-refractivity contribution in [1.29, 1.82) is 0 Å². The zero-order valence-corrected chi connectivity index (χ0v) is 12.4. The van der Waals surface area contributed by atoms with Crippen LogP contribution in [0.2, 0.25) is 0 Å². The van der Waals surface area contributed by atoms with Gasteiger partial charge in [0, 0.05) is 33.3 Å². The molecule has 2 atom stereocenters. The summed E-state index contributed by atoms with van der Waals surface area (Å²) in [5.74, 6) is -1.56. The topological polar surface area (TPSA) is 87.2 Å². The molecule has 0 radical (unpaired) electrons. The van der Waals surface area contributed by atoms with Crippen LogP contribution in [-0.2, 0) is 19.7 Å². The third kappa shape index (κ3) is 3.88. The highest BCUT2D eigenvalue weighted by molar-refractivity contribution is 7.86. The Kier molecular flexibility index (Phi) is 5.72. The van der Waals surface area contributed by atoms with Gasteiger partial charge >= 0.3 is 5.97 Å². The average molecular weight is 294 g/mol. The van der Waals surface area contributed by atoms with Crippen LogP contribution in [0.4, 0.5) is 0 Å². The maximum atomic E-state index is 12.4. The summed E-state index contributed by atoms with van der Waals surface area (Å²) in [6.07, 6.45) is 1.08. The maximum absolute atomic E-state index is 12.4. The molecule has 0 aliphatic carbocycles. The molecule has 0 spiro atoms. The molecule has 0 aromatic rings. The molecule has 1 fully saturated rings. The molecule has 0 saturated carbocycles. The van der Waals surface area contributed by atoms with E-state index in [4.69, 9.17) is 9.84 Å². The van der Waals surface area contributed by atoms with Gasteiger partial charge < -0.3 is 9.84 Å². The standard InChI is InChI=1S/C11H22N2O5S/c1-9-4-5-10(11(14)15)8-13(9)19(16,17)12(2)6-7-18-3/h9-10H,4-8H2,1-3H3,(H,14,15). The van der Waals surface area contributed by atoms with Crippen molar-refractivity contribution < 1.29 is 23.1 Å². The maximum Gasteiger partial charge on any atom is 0.307 e. The summed E-state index contributed by atoms with van der Waals surface area (Å²) < 4.78 is 32.1. The first-order valence-electron chi connectivity index (χ1n) is 6.25. The number of hydrogen-bond donors (Lipinski definition) is 1. The predicted molar refractivity (Wildman–Crippen MR) is 70.0 cm³/mol. The number of methoxy groups -OCH3 is 1. The molecular formula is C11H22N2O5S. The fourth-order valence-electron chi connectivity index (χ4n) is 2.11. The summed E-state index contributed by atoms with van der Waals surface area (Å²) in [6.45, 7) is 2.40. The smallest absolute Gasteiger partial charge is 0.307 e. The highest BCUT2D eigenvalue weighted by Gasteiger charge is 2.38. The van der Waals surface area contributed by atoms with E-state index in [1.807, 2.05) is 0 Å². The van der Waals surface area contributed by atoms with Crippen molar-refractivity contribution in [1.82, 2.24) is 8.61 Å². The van der Waals surface area contributed by atoms with Crippen LogP contribution in [0.25, 0.3) is 0 Å². The number of carboxylic acid groups (broad SMARTS) is 1. The zero-order valence-electron chi connectivity index (χ0n) is 11.6. The van der Waals surface area contributed by atoms with Gasteiger partial charge in [0.2, 0.25) is 0 Å².